The van der Waals surface area contributed by atoms with Crippen molar-refractivity contribution in [2.45, 2.75) is 58.1 Å². The molecular formula is C11H19N3O. The SMILES string of the molecule is CCc1c(CO)nnn1C1CCCCC1. The second-order valence-corrected chi connectivity index (χ2v) is 4.23. The first kappa shape index (κ1) is 10.6. The summed E-state index contributed by atoms with van der Waals surface area (Å²) in [6, 6.07) is 0.515. The Labute approximate surface area is 90.3 Å². The monoisotopic (exact) mass is 209 g/mol. The molecule has 4 heteroatoms. The Kier molecular flexibility index (Phi) is 3.36. The molecule has 15 heavy (non-hydrogen) atoms. The summed E-state index contributed by atoms with van der Waals surface area (Å²) < 4.78 is 2.05. The highest BCUT2D eigenvalue weighted by atomic mass is 16.3. The minimum Gasteiger partial charge on any atom is -0.390 e. The van der Waals surface area contributed by atoms with Crippen LogP contribution in [0, 0.1) is 0 Å². The van der Waals surface area contributed by atoms with Crippen LogP contribution in [0.2, 0.25) is 0 Å². The minimum absolute atomic E-state index is 0.00981. The number of aliphatic hydroxyl groups is 1. The Balaban J connectivity index is 2.22. The van der Waals surface area contributed by atoms with Gasteiger partial charge < -0.3 is 5.11 Å². The first-order valence-corrected chi connectivity index (χ1v) is 5.90. The molecule has 0 amide bonds. The van der Waals surface area contributed by atoms with Crippen LogP contribution in [0.3, 0.4) is 0 Å². The van der Waals surface area contributed by atoms with E-state index in [9.17, 15) is 0 Å². The van der Waals surface area contributed by atoms with Crippen molar-refractivity contribution in [1.82, 2.24) is 15.0 Å². The topological polar surface area (TPSA) is 50.9 Å². The third kappa shape index (κ3) is 2.04. The van der Waals surface area contributed by atoms with Crippen molar-refractivity contribution in [2.75, 3.05) is 0 Å². The van der Waals surface area contributed by atoms with Crippen molar-refractivity contribution in [1.29, 1.82) is 0 Å². The van der Waals surface area contributed by atoms with E-state index in [1.165, 1.54) is 32.1 Å². The van der Waals surface area contributed by atoms with Crippen LogP contribution in [0.5, 0.6) is 0 Å². The molecule has 0 spiro atoms. The molecule has 0 unspecified atom stereocenters. The number of aromatic nitrogens is 3. The molecule has 0 saturated heterocycles. The maximum atomic E-state index is 9.15. The van der Waals surface area contributed by atoms with Gasteiger partial charge in [-0.1, -0.05) is 31.4 Å². The standard InChI is InChI=1S/C11H19N3O/c1-2-11-10(8-15)12-13-14(11)9-6-4-3-5-7-9/h9,15H,2-8H2,1H3. The summed E-state index contributed by atoms with van der Waals surface area (Å²) in [5.41, 5.74) is 1.87. The van der Waals surface area contributed by atoms with Crippen LogP contribution in [0.25, 0.3) is 0 Å². The van der Waals surface area contributed by atoms with Gasteiger partial charge in [-0.05, 0) is 19.3 Å². The van der Waals surface area contributed by atoms with Gasteiger partial charge in [-0.25, -0.2) is 4.68 Å². The van der Waals surface area contributed by atoms with E-state index in [1.807, 2.05) is 4.68 Å². The maximum absolute atomic E-state index is 9.15. The largest absolute Gasteiger partial charge is 0.390 e. The fraction of sp³-hybridized carbons (Fsp3) is 0.818. The Morgan fingerprint density at radius 3 is 2.67 bits per heavy atom. The number of aliphatic hydroxyl groups excluding tert-OH is 1. The predicted molar refractivity (Wildman–Crippen MR) is 57.4 cm³/mol. The van der Waals surface area contributed by atoms with E-state index < -0.39 is 0 Å². The van der Waals surface area contributed by atoms with Gasteiger partial charge in [-0.3, -0.25) is 0 Å². The summed E-state index contributed by atoms with van der Waals surface area (Å²) in [7, 11) is 0. The van der Waals surface area contributed by atoms with E-state index in [0.717, 1.165) is 17.8 Å². The number of rotatable bonds is 3. The Morgan fingerprint density at radius 1 is 1.33 bits per heavy atom. The lowest BCUT2D eigenvalue weighted by atomic mass is 9.95. The normalized spacial score (nSPS) is 18.3. The zero-order valence-electron chi connectivity index (χ0n) is 9.32. The average Bonchev–Trinajstić information content (AvgIpc) is 2.72. The van der Waals surface area contributed by atoms with Crippen molar-refractivity contribution in [2.24, 2.45) is 0 Å². The fourth-order valence-corrected chi connectivity index (χ4v) is 2.45. The molecule has 1 aromatic rings. The number of hydrogen-bond acceptors (Lipinski definition) is 3. The summed E-state index contributed by atoms with van der Waals surface area (Å²) in [5.74, 6) is 0. The molecule has 0 aliphatic heterocycles. The smallest absolute Gasteiger partial charge is 0.111 e. The average molecular weight is 209 g/mol. The predicted octanol–water partition coefficient (Wildman–Crippen LogP) is 1.84. The molecule has 1 heterocycles. The maximum Gasteiger partial charge on any atom is 0.111 e. The molecule has 2 rings (SSSR count). The van der Waals surface area contributed by atoms with Gasteiger partial charge in [-0.15, -0.1) is 5.10 Å². The molecule has 1 saturated carbocycles. The van der Waals surface area contributed by atoms with Gasteiger partial charge in [0.05, 0.1) is 18.3 Å². The van der Waals surface area contributed by atoms with E-state index in [-0.39, 0.29) is 6.61 Å². The molecule has 1 aliphatic carbocycles. The number of nitrogens with zero attached hydrogens (tertiary/aromatic N) is 3. The second-order valence-electron chi connectivity index (χ2n) is 4.23. The summed E-state index contributed by atoms with van der Waals surface area (Å²) >= 11 is 0. The highest BCUT2D eigenvalue weighted by molar-refractivity contribution is 5.09. The van der Waals surface area contributed by atoms with Gasteiger partial charge in [0.2, 0.25) is 0 Å². The van der Waals surface area contributed by atoms with Gasteiger partial charge >= 0.3 is 0 Å². The Bertz CT molecular complexity index is 316. The summed E-state index contributed by atoms with van der Waals surface area (Å²) in [4.78, 5) is 0. The van der Waals surface area contributed by atoms with Gasteiger partial charge in [0.1, 0.15) is 5.69 Å². The van der Waals surface area contributed by atoms with Gasteiger partial charge in [-0.2, -0.15) is 0 Å². The van der Waals surface area contributed by atoms with Gasteiger partial charge in [0.25, 0.3) is 0 Å². The van der Waals surface area contributed by atoms with E-state index in [4.69, 9.17) is 5.11 Å². The molecule has 1 fully saturated rings. The van der Waals surface area contributed by atoms with Gasteiger partial charge in [0.15, 0.2) is 0 Å². The third-order valence-electron chi connectivity index (χ3n) is 3.28. The highest BCUT2D eigenvalue weighted by Gasteiger charge is 2.20. The zero-order valence-corrected chi connectivity index (χ0v) is 9.32. The molecule has 0 radical (unpaired) electrons. The van der Waals surface area contributed by atoms with E-state index >= 15 is 0 Å². The Morgan fingerprint density at radius 2 is 2.07 bits per heavy atom. The van der Waals surface area contributed by atoms with Crippen molar-refractivity contribution in [3.63, 3.8) is 0 Å². The van der Waals surface area contributed by atoms with Crippen molar-refractivity contribution < 1.29 is 5.11 Å². The molecule has 84 valence electrons. The van der Waals surface area contributed by atoms with Crippen molar-refractivity contribution in [3.05, 3.63) is 11.4 Å². The van der Waals surface area contributed by atoms with Crippen LogP contribution < -0.4 is 0 Å². The molecule has 1 aromatic heterocycles. The lowest BCUT2D eigenvalue weighted by Gasteiger charge is -2.23. The van der Waals surface area contributed by atoms with E-state index in [1.54, 1.807) is 0 Å². The van der Waals surface area contributed by atoms with E-state index in [2.05, 4.69) is 17.2 Å². The summed E-state index contributed by atoms with van der Waals surface area (Å²) in [6.07, 6.45) is 7.26. The molecule has 0 aromatic carbocycles. The fourth-order valence-electron chi connectivity index (χ4n) is 2.45. The third-order valence-corrected chi connectivity index (χ3v) is 3.28. The molecule has 1 N–H and O–H groups in total. The zero-order chi connectivity index (χ0) is 10.7. The van der Waals surface area contributed by atoms with Crippen LogP contribution >= 0.6 is 0 Å². The second kappa shape index (κ2) is 4.75. The molecular weight excluding hydrogens is 190 g/mol. The molecule has 0 atom stereocenters. The minimum atomic E-state index is 0.00981. The first-order valence-electron chi connectivity index (χ1n) is 5.90. The van der Waals surface area contributed by atoms with Crippen molar-refractivity contribution in [3.8, 4) is 0 Å². The van der Waals surface area contributed by atoms with E-state index in [0.29, 0.717) is 6.04 Å². The van der Waals surface area contributed by atoms with Crippen LogP contribution in [0.4, 0.5) is 0 Å². The lowest BCUT2D eigenvalue weighted by Crippen LogP contribution is -2.16. The molecule has 0 bridgehead atoms. The van der Waals surface area contributed by atoms with Crippen LogP contribution in [-0.2, 0) is 13.0 Å². The van der Waals surface area contributed by atoms with Crippen molar-refractivity contribution >= 4 is 0 Å². The quantitative estimate of drug-likeness (QED) is 0.826. The Hall–Kier alpha value is -0.900. The highest BCUT2D eigenvalue weighted by Crippen LogP contribution is 2.29. The first-order chi connectivity index (χ1) is 7.36. The molecule has 1 aliphatic rings. The van der Waals surface area contributed by atoms with Crippen LogP contribution in [-0.4, -0.2) is 20.1 Å². The van der Waals surface area contributed by atoms with Gasteiger partial charge in [0, 0.05) is 0 Å². The van der Waals surface area contributed by atoms with Crippen LogP contribution in [0.1, 0.15) is 56.5 Å². The molecule has 4 nitrogen and oxygen atoms in total. The summed E-state index contributed by atoms with van der Waals surface area (Å²) in [5, 5.41) is 17.4. The lowest BCUT2D eigenvalue weighted by molar-refractivity contribution is 0.275. The van der Waals surface area contributed by atoms with Crippen LogP contribution in [0.15, 0.2) is 0 Å². The summed E-state index contributed by atoms with van der Waals surface area (Å²) in [6.45, 7) is 2.10. The number of hydrogen-bond donors (Lipinski definition) is 1.